The van der Waals surface area contributed by atoms with Gasteiger partial charge in [-0.05, 0) is 52.5 Å². The van der Waals surface area contributed by atoms with Gasteiger partial charge in [-0.2, -0.15) is 0 Å². The summed E-state index contributed by atoms with van der Waals surface area (Å²) in [6.07, 6.45) is 1.00. The smallest absolute Gasteiger partial charge is 0.422 e. The molecule has 176 valence electrons. The Kier molecular flexibility index (Phi) is 5.69. The Hall–Kier alpha value is -2.27. The zero-order valence-corrected chi connectivity index (χ0v) is 19.4. The number of carbonyl (C=O) groups excluding carboxylic acids is 1. The molecule has 1 amide bonds. The van der Waals surface area contributed by atoms with E-state index < -0.39 is 29.2 Å². The minimum absolute atomic E-state index is 0.113. The summed E-state index contributed by atoms with van der Waals surface area (Å²) in [6, 6.07) is -0.165. The second-order valence-corrected chi connectivity index (χ2v) is 10.7. The maximum Gasteiger partial charge on any atom is 0.422 e. The van der Waals surface area contributed by atoms with Crippen molar-refractivity contribution in [2.75, 3.05) is 0 Å². The number of nitrogens with one attached hydrogen (secondary N) is 2. The molecule has 32 heavy (non-hydrogen) atoms. The normalized spacial score (nSPS) is 20.2. The van der Waals surface area contributed by atoms with Crippen LogP contribution in [-0.2, 0) is 17.8 Å². The van der Waals surface area contributed by atoms with Crippen LogP contribution in [0.25, 0.3) is 10.2 Å². The number of rotatable bonds is 6. The summed E-state index contributed by atoms with van der Waals surface area (Å²) in [5.74, 6) is -3.70. The Bertz CT molecular complexity index is 1170. The third-order valence-corrected chi connectivity index (χ3v) is 7.23. The summed E-state index contributed by atoms with van der Waals surface area (Å²) in [5.41, 5.74) is 4.37. The van der Waals surface area contributed by atoms with Gasteiger partial charge in [-0.15, -0.1) is 11.3 Å². The Morgan fingerprint density at radius 3 is 2.47 bits per heavy atom. The predicted octanol–water partition coefficient (Wildman–Crippen LogP) is 3.44. The average Bonchev–Trinajstić information content (AvgIpc) is 3.43. The largest absolute Gasteiger partial charge is 0.443 e. The van der Waals surface area contributed by atoms with Crippen LogP contribution in [0, 0.1) is 12.8 Å². The molecule has 1 atom stereocenters. The molecule has 0 saturated heterocycles. The Balaban J connectivity index is 1.66. The van der Waals surface area contributed by atoms with Gasteiger partial charge in [0.1, 0.15) is 10.4 Å². The number of alkyl halides is 2. The Morgan fingerprint density at radius 2 is 1.94 bits per heavy atom. The molecular formula is C21H28F2N4O4S. The molecule has 4 rings (SSSR count). The fourth-order valence-electron chi connectivity index (χ4n) is 3.91. The molecule has 2 aromatic heterocycles. The van der Waals surface area contributed by atoms with E-state index in [-0.39, 0.29) is 31.1 Å². The first-order valence-corrected chi connectivity index (χ1v) is 11.6. The molecule has 1 unspecified atom stereocenters. The quantitative estimate of drug-likeness (QED) is 0.631. The fourth-order valence-corrected chi connectivity index (χ4v) is 5.15. The standard InChI is InChI=1S/C21H28F2N4O4S/c1-11-14(9-24-25-18(29)31-20(2,3)4)32-17-15(11)16(28)27(13-5-6-13)19(30)26(17)10-12-7-8-21(12,22)23/h12-13,24H,5-10H2,1-4H3,(H,25,29). The molecule has 2 aromatic rings. The number of aryl methyl sites for hydroxylation is 1. The molecule has 0 aromatic carbocycles. The van der Waals surface area contributed by atoms with Gasteiger partial charge in [0.05, 0.1) is 5.39 Å². The number of amides is 1. The topological polar surface area (TPSA) is 94.4 Å². The number of ether oxygens (including phenoxy) is 1. The Morgan fingerprint density at radius 1 is 1.25 bits per heavy atom. The summed E-state index contributed by atoms with van der Waals surface area (Å²) in [7, 11) is 0. The predicted molar refractivity (Wildman–Crippen MR) is 117 cm³/mol. The van der Waals surface area contributed by atoms with Gasteiger partial charge >= 0.3 is 11.8 Å². The lowest BCUT2D eigenvalue weighted by Gasteiger charge is -2.36. The molecule has 0 aliphatic heterocycles. The van der Waals surface area contributed by atoms with Gasteiger partial charge in [0, 0.05) is 36.3 Å². The van der Waals surface area contributed by atoms with Crippen LogP contribution in [0.15, 0.2) is 9.59 Å². The van der Waals surface area contributed by atoms with Crippen molar-refractivity contribution in [2.45, 2.75) is 84.0 Å². The number of hydrazine groups is 1. The lowest BCUT2D eigenvalue weighted by Crippen LogP contribution is -2.46. The first kappa shape index (κ1) is 22.9. The van der Waals surface area contributed by atoms with Crippen LogP contribution in [0.2, 0.25) is 0 Å². The van der Waals surface area contributed by atoms with Crippen LogP contribution >= 0.6 is 11.3 Å². The lowest BCUT2D eigenvalue weighted by atomic mass is 9.81. The minimum Gasteiger partial charge on any atom is -0.443 e. The molecule has 2 heterocycles. The summed E-state index contributed by atoms with van der Waals surface area (Å²) in [4.78, 5) is 39.3. The van der Waals surface area contributed by atoms with Gasteiger partial charge in [-0.1, -0.05) is 0 Å². The first-order chi connectivity index (χ1) is 14.9. The zero-order valence-electron chi connectivity index (χ0n) is 18.6. The average molecular weight is 471 g/mol. The number of nitrogens with zero attached hydrogens (tertiary/aromatic N) is 2. The summed E-state index contributed by atoms with van der Waals surface area (Å²) >= 11 is 1.21. The van der Waals surface area contributed by atoms with Crippen molar-refractivity contribution in [1.29, 1.82) is 0 Å². The van der Waals surface area contributed by atoms with E-state index >= 15 is 0 Å². The molecule has 2 N–H and O–H groups in total. The summed E-state index contributed by atoms with van der Waals surface area (Å²) in [6.45, 7) is 7.10. The van der Waals surface area contributed by atoms with Crippen molar-refractivity contribution in [3.8, 4) is 0 Å². The van der Waals surface area contributed by atoms with Gasteiger partial charge in [0.25, 0.3) is 11.5 Å². The number of thiophene rings is 1. The van der Waals surface area contributed by atoms with E-state index in [2.05, 4.69) is 10.9 Å². The second kappa shape index (κ2) is 7.95. The molecule has 0 bridgehead atoms. The van der Waals surface area contributed by atoms with Crippen LogP contribution in [-0.4, -0.2) is 26.8 Å². The molecule has 2 aliphatic rings. The van der Waals surface area contributed by atoms with Gasteiger partial charge in [0.15, 0.2) is 0 Å². The van der Waals surface area contributed by atoms with E-state index in [1.54, 1.807) is 27.7 Å². The van der Waals surface area contributed by atoms with E-state index in [0.717, 1.165) is 17.7 Å². The number of aromatic nitrogens is 2. The third-order valence-electron chi connectivity index (χ3n) is 5.92. The van der Waals surface area contributed by atoms with E-state index in [9.17, 15) is 23.2 Å². The van der Waals surface area contributed by atoms with E-state index in [0.29, 0.717) is 22.2 Å². The number of carbonyl (C=O) groups is 1. The molecule has 2 aliphatic carbocycles. The molecule has 2 fully saturated rings. The number of fused-ring (bicyclic) bond motifs is 1. The van der Waals surface area contributed by atoms with Crippen LogP contribution in [0.3, 0.4) is 0 Å². The number of halogens is 2. The first-order valence-electron chi connectivity index (χ1n) is 10.8. The number of hydrogen-bond donors (Lipinski definition) is 2. The van der Waals surface area contributed by atoms with Crippen LogP contribution in [0.1, 0.15) is 62.9 Å². The van der Waals surface area contributed by atoms with Gasteiger partial charge < -0.3 is 4.74 Å². The third kappa shape index (κ3) is 4.32. The molecule has 8 nitrogen and oxygen atoms in total. The minimum atomic E-state index is -2.79. The maximum atomic E-state index is 14.0. The van der Waals surface area contributed by atoms with Crippen molar-refractivity contribution in [3.63, 3.8) is 0 Å². The van der Waals surface area contributed by atoms with Crippen molar-refractivity contribution in [1.82, 2.24) is 20.0 Å². The van der Waals surface area contributed by atoms with E-state index in [1.807, 2.05) is 0 Å². The maximum absolute atomic E-state index is 14.0. The van der Waals surface area contributed by atoms with Crippen molar-refractivity contribution >= 4 is 27.6 Å². The molecule has 0 radical (unpaired) electrons. The zero-order chi connectivity index (χ0) is 23.4. The number of hydrogen-bond acceptors (Lipinski definition) is 6. The van der Waals surface area contributed by atoms with Crippen LogP contribution < -0.4 is 22.1 Å². The molecule has 0 spiro atoms. The van der Waals surface area contributed by atoms with E-state index in [4.69, 9.17) is 4.74 Å². The summed E-state index contributed by atoms with van der Waals surface area (Å²) < 4.78 is 35.7. The Labute approximate surface area is 187 Å². The fraction of sp³-hybridized carbons (Fsp3) is 0.667. The van der Waals surface area contributed by atoms with Crippen molar-refractivity contribution in [3.05, 3.63) is 31.3 Å². The SMILES string of the molecule is Cc1c(CNNC(=O)OC(C)(C)C)sc2c1c(=O)n(C1CC1)c(=O)n2CC1CCC1(F)F. The van der Waals surface area contributed by atoms with Crippen molar-refractivity contribution in [2.24, 2.45) is 5.92 Å². The molecular weight excluding hydrogens is 442 g/mol. The highest BCUT2D eigenvalue weighted by Gasteiger charge is 2.48. The van der Waals surface area contributed by atoms with Gasteiger partial charge in [-0.25, -0.2) is 23.8 Å². The van der Waals surface area contributed by atoms with Gasteiger partial charge in [-0.3, -0.25) is 19.4 Å². The summed E-state index contributed by atoms with van der Waals surface area (Å²) in [5, 5.41) is 0.387. The highest BCUT2D eigenvalue weighted by atomic mass is 32.1. The second-order valence-electron chi connectivity index (χ2n) is 9.61. The lowest BCUT2D eigenvalue weighted by molar-refractivity contribution is -0.137. The van der Waals surface area contributed by atoms with Crippen molar-refractivity contribution < 1.29 is 18.3 Å². The monoisotopic (exact) mass is 470 g/mol. The van der Waals surface area contributed by atoms with Crippen LogP contribution in [0.5, 0.6) is 0 Å². The van der Waals surface area contributed by atoms with Gasteiger partial charge in [0.2, 0.25) is 0 Å². The molecule has 2 saturated carbocycles. The highest BCUT2D eigenvalue weighted by Crippen LogP contribution is 2.44. The van der Waals surface area contributed by atoms with Crippen LogP contribution in [0.4, 0.5) is 13.6 Å². The van der Waals surface area contributed by atoms with E-state index in [1.165, 1.54) is 20.5 Å². The highest BCUT2D eigenvalue weighted by molar-refractivity contribution is 7.18. The molecule has 11 heteroatoms.